The smallest absolute Gasteiger partial charge is 0.313 e. The van der Waals surface area contributed by atoms with E-state index in [1.54, 1.807) is 13.0 Å². The van der Waals surface area contributed by atoms with E-state index in [9.17, 15) is 14.4 Å². The van der Waals surface area contributed by atoms with Crippen molar-refractivity contribution < 1.29 is 23.5 Å². The number of rotatable bonds is 7. The van der Waals surface area contributed by atoms with Crippen LogP contribution in [0.4, 0.5) is 0 Å². The maximum Gasteiger partial charge on any atom is 0.313 e. The number of aldehydes is 1. The van der Waals surface area contributed by atoms with Gasteiger partial charge in [-0.2, -0.15) is 0 Å². The highest BCUT2D eigenvalue weighted by Crippen LogP contribution is 2.18. The average Bonchev–Trinajstić information content (AvgIpc) is 2.88. The van der Waals surface area contributed by atoms with Gasteiger partial charge in [0, 0.05) is 6.42 Å². The van der Waals surface area contributed by atoms with Gasteiger partial charge in [0.15, 0.2) is 11.5 Å². The van der Waals surface area contributed by atoms with Crippen molar-refractivity contribution in [3.8, 4) is 0 Å². The van der Waals surface area contributed by atoms with Gasteiger partial charge in [-0.3, -0.25) is 14.4 Å². The van der Waals surface area contributed by atoms with Gasteiger partial charge in [0.25, 0.3) is 0 Å². The monoisotopic (exact) mass is 250 g/mol. The Balaban J connectivity index is 2.79. The van der Waals surface area contributed by atoms with Crippen LogP contribution in [0.2, 0.25) is 0 Å². The van der Waals surface area contributed by atoms with Crippen LogP contribution in [-0.2, 0) is 14.3 Å². The summed E-state index contributed by atoms with van der Waals surface area (Å²) in [6.07, 6.45) is 1.63. The third-order valence-corrected chi connectivity index (χ3v) is 2.36. The molecule has 0 saturated carbocycles. The molecule has 0 spiro atoms. The number of ketones is 1. The normalized spacial score (nSPS) is 11.6. The van der Waals surface area contributed by atoms with Gasteiger partial charge in [-0.05, 0) is 24.6 Å². The van der Waals surface area contributed by atoms with Gasteiger partial charge in [0.1, 0.15) is 6.29 Å². The van der Waals surface area contributed by atoms with Crippen LogP contribution in [0, 0.1) is 5.92 Å². The Bertz CT molecular complexity index is 444. The minimum absolute atomic E-state index is 0.0216. The van der Waals surface area contributed by atoms with E-state index in [1.165, 1.54) is 12.3 Å². The van der Waals surface area contributed by atoms with Crippen molar-refractivity contribution >= 4 is 18.0 Å². The molecule has 5 nitrogen and oxygen atoms in total. The van der Waals surface area contributed by atoms with Crippen LogP contribution in [0.5, 0.6) is 0 Å². The second-order valence-electron chi connectivity index (χ2n) is 3.60. The maximum atomic E-state index is 11.8. The number of hydrogen-bond donors (Lipinski definition) is 0. The van der Waals surface area contributed by atoms with E-state index >= 15 is 0 Å². The molecule has 1 aromatic rings. The summed E-state index contributed by atoms with van der Waals surface area (Å²) in [7, 11) is 0. The first kappa shape index (κ1) is 13.9. The molecular formula is C13H14O5. The lowest BCUT2D eigenvalue weighted by atomic mass is 9.95. The van der Waals surface area contributed by atoms with Gasteiger partial charge in [0.2, 0.25) is 0 Å². The molecule has 1 rings (SSSR count). The van der Waals surface area contributed by atoms with Gasteiger partial charge in [-0.1, -0.05) is 6.58 Å². The second-order valence-corrected chi connectivity index (χ2v) is 3.60. The quantitative estimate of drug-likeness (QED) is 0.319. The lowest BCUT2D eigenvalue weighted by molar-refractivity contribution is -0.147. The Morgan fingerprint density at radius 1 is 1.56 bits per heavy atom. The molecule has 1 aromatic heterocycles. The molecule has 1 heterocycles. The van der Waals surface area contributed by atoms with Crippen LogP contribution < -0.4 is 0 Å². The molecule has 0 aliphatic rings. The summed E-state index contributed by atoms with van der Waals surface area (Å²) < 4.78 is 9.73. The zero-order valence-electron chi connectivity index (χ0n) is 10.0. The van der Waals surface area contributed by atoms with Gasteiger partial charge >= 0.3 is 5.97 Å². The van der Waals surface area contributed by atoms with E-state index in [4.69, 9.17) is 9.15 Å². The van der Waals surface area contributed by atoms with Crippen LogP contribution in [-0.4, -0.2) is 24.6 Å². The van der Waals surface area contributed by atoms with Crippen LogP contribution in [0.1, 0.15) is 23.9 Å². The van der Waals surface area contributed by atoms with Crippen molar-refractivity contribution in [1.29, 1.82) is 0 Å². The summed E-state index contributed by atoms with van der Waals surface area (Å²) in [5, 5.41) is 0. The van der Waals surface area contributed by atoms with E-state index in [0.717, 1.165) is 0 Å². The van der Waals surface area contributed by atoms with Crippen molar-refractivity contribution in [3.05, 3.63) is 36.3 Å². The van der Waals surface area contributed by atoms with Crippen molar-refractivity contribution in [2.24, 2.45) is 5.92 Å². The summed E-state index contributed by atoms with van der Waals surface area (Å²) in [5.41, 5.74) is 0.0216. The Morgan fingerprint density at radius 2 is 2.28 bits per heavy atom. The summed E-state index contributed by atoms with van der Waals surface area (Å²) >= 11 is 0. The lowest BCUT2D eigenvalue weighted by Crippen LogP contribution is -2.23. The van der Waals surface area contributed by atoms with E-state index in [-0.39, 0.29) is 30.1 Å². The standard InChI is InChI=1S/C13H14O5/c1-3-17-13(16)10(9(2)8-14)7-11(15)12-5-4-6-18-12/h4-6,8,10H,2-3,7H2,1H3. The molecule has 0 bridgehead atoms. The Hall–Kier alpha value is -2.17. The van der Waals surface area contributed by atoms with E-state index < -0.39 is 11.9 Å². The first-order chi connectivity index (χ1) is 8.60. The third kappa shape index (κ3) is 3.41. The summed E-state index contributed by atoms with van der Waals surface area (Å²) in [5.74, 6) is -1.82. The topological polar surface area (TPSA) is 73.6 Å². The van der Waals surface area contributed by atoms with Gasteiger partial charge in [0.05, 0.1) is 18.8 Å². The second kappa shape index (κ2) is 6.54. The molecule has 18 heavy (non-hydrogen) atoms. The van der Waals surface area contributed by atoms with Gasteiger partial charge in [-0.25, -0.2) is 0 Å². The molecule has 0 amide bonds. The molecule has 1 unspecified atom stereocenters. The average molecular weight is 250 g/mol. The molecule has 0 saturated heterocycles. The van der Waals surface area contributed by atoms with Crippen LogP contribution in [0.25, 0.3) is 0 Å². The van der Waals surface area contributed by atoms with E-state index in [1.807, 2.05) is 0 Å². The number of esters is 1. The predicted molar refractivity (Wildman–Crippen MR) is 63.0 cm³/mol. The largest absolute Gasteiger partial charge is 0.466 e. The number of carbonyl (C=O) groups is 3. The number of Topliss-reactive ketones (excluding diaryl/α,β-unsaturated/α-hetero) is 1. The maximum absolute atomic E-state index is 11.8. The molecule has 0 aromatic carbocycles. The fraction of sp³-hybridized carbons (Fsp3) is 0.308. The van der Waals surface area contributed by atoms with Crippen molar-refractivity contribution in [2.45, 2.75) is 13.3 Å². The van der Waals surface area contributed by atoms with E-state index in [0.29, 0.717) is 6.29 Å². The minimum atomic E-state index is -0.958. The summed E-state index contributed by atoms with van der Waals surface area (Å²) in [6.45, 7) is 5.28. The molecule has 0 N–H and O–H groups in total. The van der Waals surface area contributed by atoms with Crippen LogP contribution in [0.15, 0.2) is 35.0 Å². The van der Waals surface area contributed by atoms with Crippen LogP contribution >= 0.6 is 0 Å². The first-order valence-corrected chi connectivity index (χ1v) is 5.47. The fourth-order valence-corrected chi connectivity index (χ4v) is 1.41. The Labute approximate surface area is 104 Å². The Morgan fingerprint density at radius 3 is 2.78 bits per heavy atom. The molecule has 0 aliphatic carbocycles. The zero-order chi connectivity index (χ0) is 13.5. The molecule has 0 aliphatic heterocycles. The summed E-state index contributed by atoms with van der Waals surface area (Å²) in [4.78, 5) is 34.1. The Kier molecular flexibility index (Phi) is 5.05. The van der Waals surface area contributed by atoms with Crippen molar-refractivity contribution in [2.75, 3.05) is 6.61 Å². The molecule has 0 fully saturated rings. The highest BCUT2D eigenvalue weighted by atomic mass is 16.5. The molecular weight excluding hydrogens is 236 g/mol. The highest BCUT2D eigenvalue weighted by molar-refractivity contribution is 5.98. The molecule has 0 radical (unpaired) electrons. The number of ether oxygens (including phenoxy) is 1. The van der Waals surface area contributed by atoms with Crippen molar-refractivity contribution in [3.63, 3.8) is 0 Å². The van der Waals surface area contributed by atoms with Crippen molar-refractivity contribution in [1.82, 2.24) is 0 Å². The number of carbonyl (C=O) groups excluding carboxylic acids is 3. The number of furan rings is 1. The number of hydrogen-bond acceptors (Lipinski definition) is 5. The van der Waals surface area contributed by atoms with Crippen LogP contribution in [0.3, 0.4) is 0 Å². The van der Waals surface area contributed by atoms with Gasteiger partial charge in [-0.15, -0.1) is 0 Å². The SMILES string of the molecule is C=C(C=O)C(CC(=O)c1ccco1)C(=O)OCC. The predicted octanol–water partition coefficient (Wildman–Crippen LogP) is 1.79. The molecule has 96 valence electrons. The van der Waals surface area contributed by atoms with E-state index in [2.05, 4.69) is 6.58 Å². The van der Waals surface area contributed by atoms with Gasteiger partial charge < -0.3 is 9.15 Å². The molecule has 5 heteroatoms. The first-order valence-electron chi connectivity index (χ1n) is 5.47. The lowest BCUT2D eigenvalue weighted by Gasteiger charge is -2.13. The summed E-state index contributed by atoms with van der Waals surface area (Å²) in [6, 6.07) is 3.06. The fourth-order valence-electron chi connectivity index (χ4n) is 1.41. The highest BCUT2D eigenvalue weighted by Gasteiger charge is 2.27. The molecule has 1 atom stereocenters. The minimum Gasteiger partial charge on any atom is -0.466 e. The zero-order valence-corrected chi connectivity index (χ0v) is 10.0. The third-order valence-electron chi connectivity index (χ3n) is 2.36.